The first-order valence-electron chi connectivity index (χ1n) is 14.8. The normalized spacial score (nSPS) is 34.4. The van der Waals surface area contributed by atoms with Crippen molar-refractivity contribution in [2.45, 2.75) is 90.7 Å². The Morgan fingerprint density at radius 1 is 0.775 bits per heavy atom. The van der Waals surface area contributed by atoms with Gasteiger partial charge in [0.15, 0.2) is 12.4 Å². The second-order valence-electron chi connectivity index (χ2n) is 11.2. The molecule has 2 aromatic carbocycles. The minimum Gasteiger partial charge on any atom is -0.453 e. The molecule has 0 N–H and O–H groups in total. The molecule has 2 aliphatic heterocycles. The van der Waals surface area contributed by atoms with E-state index in [1.165, 1.54) is 0 Å². The molecule has 0 aliphatic carbocycles. The topological polar surface area (TPSA) is 63.2 Å². The number of ether oxygens (including phenoxy) is 5. The van der Waals surface area contributed by atoms with Gasteiger partial charge in [-0.3, -0.25) is 0 Å². The van der Waals surface area contributed by atoms with Gasteiger partial charge in [0, 0.05) is 5.92 Å². The molecule has 10 atom stereocenters. The number of hydrogen-bond acceptors (Lipinski definition) is 7. The van der Waals surface area contributed by atoms with E-state index in [4.69, 9.17) is 23.7 Å². The van der Waals surface area contributed by atoms with Crippen molar-refractivity contribution in [2.75, 3.05) is 12.4 Å². The average molecular weight is 571 g/mol. The van der Waals surface area contributed by atoms with Crippen LogP contribution in [0.2, 0.25) is 0 Å². The molecule has 40 heavy (non-hydrogen) atoms. The van der Waals surface area contributed by atoms with Gasteiger partial charge in [-0.05, 0) is 47.6 Å². The van der Waals surface area contributed by atoms with Crippen LogP contribution in [0.1, 0.15) is 63.9 Å². The SMILES string of the molecule is CCS[C@H]1OC(CO[C@H]2OC(CC)[C@@H](C)[C@H](C)C2OC(=O)c2ccccc2)[C@@H](C)[C@H](C)C1OCc1ccccc1. The van der Waals surface area contributed by atoms with Crippen molar-refractivity contribution in [1.82, 2.24) is 0 Å². The number of carbonyl (C=O) groups is 1. The van der Waals surface area contributed by atoms with Crippen LogP contribution < -0.4 is 0 Å². The highest BCUT2D eigenvalue weighted by molar-refractivity contribution is 7.99. The molecule has 4 rings (SSSR count). The smallest absolute Gasteiger partial charge is 0.338 e. The van der Waals surface area contributed by atoms with Crippen LogP contribution in [0.25, 0.3) is 0 Å². The third-order valence-corrected chi connectivity index (χ3v) is 9.76. The summed E-state index contributed by atoms with van der Waals surface area (Å²) in [6.45, 7) is 13.9. The molecule has 2 heterocycles. The van der Waals surface area contributed by atoms with Crippen molar-refractivity contribution >= 4 is 17.7 Å². The second-order valence-corrected chi connectivity index (χ2v) is 12.6. The van der Waals surface area contributed by atoms with E-state index < -0.39 is 12.4 Å². The van der Waals surface area contributed by atoms with E-state index in [-0.39, 0.29) is 53.4 Å². The zero-order valence-electron chi connectivity index (χ0n) is 24.7. The zero-order chi connectivity index (χ0) is 28.6. The van der Waals surface area contributed by atoms with Crippen molar-refractivity contribution in [2.24, 2.45) is 23.7 Å². The summed E-state index contributed by atoms with van der Waals surface area (Å²) in [7, 11) is 0. The molecular formula is C33H46O6S. The molecule has 0 amide bonds. The van der Waals surface area contributed by atoms with Gasteiger partial charge in [-0.2, -0.15) is 0 Å². The van der Waals surface area contributed by atoms with Crippen LogP contribution in [0.4, 0.5) is 0 Å². The summed E-state index contributed by atoms with van der Waals surface area (Å²) >= 11 is 1.77. The molecule has 0 aromatic heterocycles. The van der Waals surface area contributed by atoms with Gasteiger partial charge in [-0.15, -0.1) is 11.8 Å². The predicted octanol–water partition coefficient (Wildman–Crippen LogP) is 6.97. The van der Waals surface area contributed by atoms with Crippen LogP contribution in [0.15, 0.2) is 60.7 Å². The number of thioether (sulfide) groups is 1. The molecule has 7 heteroatoms. The lowest BCUT2D eigenvalue weighted by Crippen LogP contribution is -2.54. The number of benzene rings is 2. The van der Waals surface area contributed by atoms with E-state index in [0.717, 1.165) is 17.7 Å². The maximum atomic E-state index is 13.0. The second kappa shape index (κ2) is 14.8. The fraction of sp³-hybridized carbons (Fsp3) is 0.606. The molecule has 0 bridgehead atoms. The quantitative estimate of drug-likeness (QED) is 0.270. The van der Waals surface area contributed by atoms with Gasteiger partial charge in [0.05, 0.1) is 37.1 Å². The van der Waals surface area contributed by atoms with Gasteiger partial charge < -0.3 is 23.7 Å². The van der Waals surface area contributed by atoms with Gasteiger partial charge >= 0.3 is 5.97 Å². The summed E-state index contributed by atoms with van der Waals surface area (Å²) in [4.78, 5) is 13.0. The molecule has 2 aromatic rings. The lowest BCUT2D eigenvalue weighted by Gasteiger charge is -2.46. The first-order chi connectivity index (χ1) is 19.3. The van der Waals surface area contributed by atoms with Crippen molar-refractivity contribution < 1.29 is 28.5 Å². The Balaban J connectivity index is 1.43. The molecule has 220 valence electrons. The van der Waals surface area contributed by atoms with E-state index in [9.17, 15) is 4.79 Å². The van der Waals surface area contributed by atoms with Crippen molar-refractivity contribution in [3.63, 3.8) is 0 Å². The van der Waals surface area contributed by atoms with Crippen molar-refractivity contribution in [3.05, 3.63) is 71.8 Å². The summed E-state index contributed by atoms with van der Waals surface area (Å²) in [5, 5.41) is 0. The van der Waals surface area contributed by atoms with E-state index in [0.29, 0.717) is 18.8 Å². The van der Waals surface area contributed by atoms with Gasteiger partial charge in [0.2, 0.25) is 0 Å². The standard InChI is InChI=1S/C33H46O6S/c1-7-27-21(3)23(5)29(39-31(34)26-17-13-10-14-18-26)32(37-27)36-20-28-22(4)24(6)30(33(38-28)40-8-2)35-19-25-15-11-9-12-16-25/h9-18,21-24,27-30,32-33H,7-8,19-20H2,1-6H3/t21-,22-,23-,24-,27?,28?,29?,30?,32-,33+/m0/s1. The third-order valence-electron chi connectivity index (χ3n) is 8.72. The Hall–Kier alpha value is -1.90. The maximum Gasteiger partial charge on any atom is 0.338 e. The van der Waals surface area contributed by atoms with Crippen LogP contribution >= 0.6 is 11.8 Å². The predicted molar refractivity (Wildman–Crippen MR) is 159 cm³/mol. The summed E-state index contributed by atoms with van der Waals surface area (Å²) in [5.74, 6) is 1.38. The minimum absolute atomic E-state index is 0.0211. The van der Waals surface area contributed by atoms with Crippen LogP contribution in [-0.2, 0) is 30.3 Å². The lowest BCUT2D eigenvalue weighted by atomic mass is 9.82. The summed E-state index contributed by atoms with van der Waals surface area (Å²) < 4.78 is 32.0. The zero-order valence-corrected chi connectivity index (χ0v) is 25.5. The highest BCUT2D eigenvalue weighted by Gasteiger charge is 2.46. The Labute approximate surface area is 244 Å². The maximum absolute atomic E-state index is 13.0. The number of esters is 1. The summed E-state index contributed by atoms with van der Waals surface area (Å²) in [5.41, 5.74) is 1.60. The number of carbonyl (C=O) groups excluding carboxylic acids is 1. The van der Waals surface area contributed by atoms with Gasteiger partial charge in [0.25, 0.3) is 0 Å². The molecule has 4 unspecified atom stereocenters. The Kier molecular flexibility index (Phi) is 11.5. The van der Waals surface area contributed by atoms with Crippen molar-refractivity contribution in [1.29, 1.82) is 0 Å². The van der Waals surface area contributed by atoms with Gasteiger partial charge in [0.1, 0.15) is 5.44 Å². The minimum atomic E-state index is -0.653. The van der Waals surface area contributed by atoms with E-state index in [1.54, 1.807) is 23.9 Å². The first-order valence-corrected chi connectivity index (χ1v) is 15.8. The van der Waals surface area contributed by atoms with Crippen LogP contribution in [-0.4, -0.2) is 54.5 Å². The molecular weight excluding hydrogens is 524 g/mol. The molecule has 0 spiro atoms. The molecule has 2 aliphatic rings. The first kappa shape index (κ1) is 31.0. The molecule has 0 saturated carbocycles. The van der Waals surface area contributed by atoms with E-state index in [2.05, 4.69) is 53.7 Å². The average Bonchev–Trinajstić information content (AvgIpc) is 2.98. The number of hydrogen-bond donors (Lipinski definition) is 0. The monoisotopic (exact) mass is 570 g/mol. The molecule has 2 saturated heterocycles. The highest BCUT2D eigenvalue weighted by Crippen LogP contribution is 2.39. The fourth-order valence-electron chi connectivity index (χ4n) is 5.73. The lowest BCUT2D eigenvalue weighted by molar-refractivity contribution is -0.282. The fourth-order valence-corrected chi connectivity index (χ4v) is 6.79. The van der Waals surface area contributed by atoms with Crippen LogP contribution in [0.3, 0.4) is 0 Å². The molecule has 2 fully saturated rings. The molecule has 6 nitrogen and oxygen atoms in total. The Bertz CT molecular complexity index is 1040. The summed E-state index contributed by atoms with van der Waals surface area (Å²) in [6, 6.07) is 19.4. The Morgan fingerprint density at radius 3 is 2.05 bits per heavy atom. The largest absolute Gasteiger partial charge is 0.453 e. The van der Waals surface area contributed by atoms with Crippen molar-refractivity contribution in [3.8, 4) is 0 Å². The Morgan fingerprint density at radius 2 is 1.40 bits per heavy atom. The van der Waals surface area contributed by atoms with Crippen LogP contribution in [0.5, 0.6) is 0 Å². The molecule has 0 radical (unpaired) electrons. The third kappa shape index (κ3) is 7.48. The summed E-state index contributed by atoms with van der Waals surface area (Å²) in [6.07, 6.45) is -0.404. The van der Waals surface area contributed by atoms with E-state index >= 15 is 0 Å². The van der Waals surface area contributed by atoms with E-state index in [1.807, 2.05) is 36.4 Å². The van der Waals surface area contributed by atoms with Gasteiger partial charge in [-0.25, -0.2) is 4.79 Å². The van der Waals surface area contributed by atoms with Gasteiger partial charge in [-0.1, -0.05) is 90.1 Å². The highest BCUT2D eigenvalue weighted by atomic mass is 32.2. The number of rotatable bonds is 11. The van der Waals surface area contributed by atoms with Crippen LogP contribution in [0, 0.1) is 23.7 Å².